The van der Waals surface area contributed by atoms with Crippen molar-refractivity contribution in [1.29, 1.82) is 0 Å². The third-order valence-corrected chi connectivity index (χ3v) is 4.66. The standard InChI is InChI=1S/C19H32N4O/c1-15(2)17-5-4-6-18(13-17)22-19(20)21-14-16-7-9-23(10-8-16)11-12-24-3/h4-6,13,15-16H,7-12,14H2,1-3H3,(H3,20,21,22). The summed E-state index contributed by atoms with van der Waals surface area (Å²) in [4.78, 5) is 7.01. The number of benzene rings is 1. The van der Waals surface area contributed by atoms with Crippen LogP contribution in [-0.2, 0) is 4.74 Å². The first-order valence-electron chi connectivity index (χ1n) is 8.96. The van der Waals surface area contributed by atoms with Crippen molar-refractivity contribution in [2.45, 2.75) is 32.6 Å². The minimum atomic E-state index is 0.508. The Labute approximate surface area is 146 Å². The Bertz CT molecular complexity index is 522. The van der Waals surface area contributed by atoms with Crippen LogP contribution in [0.5, 0.6) is 0 Å². The molecule has 0 radical (unpaired) electrons. The molecule has 1 aromatic carbocycles. The van der Waals surface area contributed by atoms with Crippen LogP contribution < -0.4 is 11.1 Å². The van der Waals surface area contributed by atoms with Gasteiger partial charge in [-0.3, -0.25) is 4.99 Å². The van der Waals surface area contributed by atoms with Gasteiger partial charge in [0.2, 0.25) is 0 Å². The Morgan fingerprint density at radius 1 is 1.38 bits per heavy atom. The molecule has 3 N–H and O–H groups in total. The summed E-state index contributed by atoms with van der Waals surface area (Å²) in [6, 6.07) is 8.37. The van der Waals surface area contributed by atoms with E-state index in [4.69, 9.17) is 10.5 Å². The van der Waals surface area contributed by atoms with E-state index in [1.807, 2.05) is 6.07 Å². The van der Waals surface area contributed by atoms with E-state index < -0.39 is 0 Å². The molecule has 1 aliphatic heterocycles. The Balaban J connectivity index is 1.77. The largest absolute Gasteiger partial charge is 0.383 e. The zero-order chi connectivity index (χ0) is 17.4. The van der Waals surface area contributed by atoms with E-state index in [0.29, 0.717) is 17.8 Å². The van der Waals surface area contributed by atoms with Gasteiger partial charge < -0.3 is 20.7 Å². The minimum absolute atomic E-state index is 0.508. The molecule has 1 saturated heterocycles. The van der Waals surface area contributed by atoms with Gasteiger partial charge in [0.05, 0.1) is 6.61 Å². The molecule has 0 amide bonds. The van der Waals surface area contributed by atoms with E-state index in [2.05, 4.69) is 47.3 Å². The van der Waals surface area contributed by atoms with E-state index >= 15 is 0 Å². The molecule has 0 saturated carbocycles. The molecule has 0 unspecified atom stereocenters. The zero-order valence-corrected chi connectivity index (χ0v) is 15.3. The van der Waals surface area contributed by atoms with Gasteiger partial charge >= 0.3 is 0 Å². The number of hydrogen-bond donors (Lipinski definition) is 2. The van der Waals surface area contributed by atoms with Crippen molar-refractivity contribution in [1.82, 2.24) is 4.90 Å². The van der Waals surface area contributed by atoms with Crippen molar-refractivity contribution in [3.05, 3.63) is 29.8 Å². The Hall–Kier alpha value is -1.59. The summed E-state index contributed by atoms with van der Waals surface area (Å²) in [6.07, 6.45) is 2.37. The van der Waals surface area contributed by atoms with Gasteiger partial charge in [0.1, 0.15) is 0 Å². The number of ether oxygens (including phenoxy) is 1. The highest BCUT2D eigenvalue weighted by Crippen LogP contribution is 2.19. The third-order valence-electron chi connectivity index (χ3n) is 4.66. The maximum atomic E-state index is 6.05. The lowest BCUT2D eigenvalue weighted by molar-refractivity contribution is 0.121. The highest BCUT2D eigenvalue weighted by atomic mass is 16.5. The van der Waals surface area contributed by atoms with E-state index in [-0.39, 0.29) is 0 Å². The quantitative estimate of drug-likeness (QED) is 0.595. The lowest BCUT2D eigenvalue weighted by Crippen LogP contribution is -2.37. The van der Waals surface area contributed by atoms with Crippen molar-refractivity contribution in [3.63, 3.8) is 0 Å². The number of rotatable bonds is 7. The second-order valence-corrected chi connectivity index (χ2v) is 6.91. The van der Waals surface area contributed by atoms with Gasteiger partial charge in [-0.25, -0.2) is 0 Å². The molecule has 0 aromatic heterocycles. The molecule has 2 rings (SSSR count). The van der Waals surface area contributed by atoms with Crippen LogP contribution in [-0.4, -0.2) is 50.8 Å². The average molecular weight is 332 g/mol. The molecular formula is C19H32N4O. The van der Waals surface area contributed by atoms with Gasteiger partial charge in [-0.15, -0.1) is 0 Å². The average Bonchev–Trinajstić information content (AvgIpc) is 2.59. The van der Waals surface area contributed by atoms with Crippen LogP contribution in [0, 0.1) is 5.92 Å². The number of aliphatic imine (C=N–C) groups is 1. The third kappa shape index (κ3) is 6.13. The van der Waals surface area contributed by atoms with Crippen LogP contribution in [0.15, 0.2) is 29.3 Å². The summed E-state index contributed by atoms with van der Waals surface area (Å²) in [5.74, 6) is 1.65. The van der Waals surface area contributed by atoms with E-state index in [9.17, 15) is 0 Å². The number of likely N-dealkylation sites (tertiary alicyclic amines) is 1. The van der Waals surface area contributed by atoms with Gasteiger partial charge in [0.15, 0.2) is 5.96 Å². The highest BCUT2D eigenvalue weighted by Gasteiger charge is 2.18. The lowest BCUT2D eigenvalue weighted by atomic mass is 9.97. The summed E-state index contributed by atoms with van der Waals surface area (Å²) < 4.78 is 5.14. The number of guanidine groups is 1. The van der Waals surface area contributed by atoms with Crippen LogP contribution in [0.3, 0.4) is 0 Å². The van der Waals surface area contributed by atoms with Gasteiger partial charge in [-0.2, -0.15) is 0 Å². The van der Waals surface area contributed by atoms with Crippen LogP contribution in [0.2, 0.25) is 0 Å². The Kier molecular flexibility index (Phi) is 7.53. The second kappa shape index (κ2) is 9.64. The first kappa shape index (κ1) is 18.7. The molecule has 0 atom stereocenters. The molecule has 5 heteroatoms. The molecule has 134 valence electrons. The number of nitrogens with two attached hydrogens (primary N) is 1. The number of anilines is 1. The van der Waals surface area contributed by atoms with Gasteiger partial charge in [0.25, 0.3) is 0 Å². The van der Waals surface area contributed by atoms with E-state index in [0.717, 1.165) is 38.5 Å². The van der Waals surface area contributed by atoms with Crippen LogP contribution >= 0.6 is 0 Å². The first-order valence-corrected chi connectivity index (χ1v) is 8.96. The lowest BCUT2D eigenvalue weighted by Gasteiger charge is -2.30. The summed E-state index contributed by atoms with van der Waals surface area (Å²) in [5, 5.41) is 3.21. The normalized spacial score (nSPS) is 17.4. The fourth-order valence-corrected chi connectivity index (χ4v) is 3.00. The molecule has 1 aliphatic rings. The highest BCUT2D eigenvalue weighted by molar-refractivity contribution is 5.92. The number of methoxy groups -OCH3 is 1. The van der Waals surface area contributed by atoms with E-state index in [1.54, 1.807) is 7.11 Å². The fourth-order valence-electron chi connectivity index (χ4n) is 3.00. The monoisotopic (exact) mass is 332 g/mol. The number of hydrogen-bond acceptors (Lipinski definition) is 3. The van der Waals surface area contributed by atoms with Crippen LogP contribution in [0.4, 0.5) is 5.69 Å². The van der Waals surface area contributed by atoms with E-state index in [1.165, 1.54) is 18.4 Å². The summed E-state index contributed by atoms with van der Waals surface area (Å²) in [7, 11) is 1.76. The topological polar surface area (TPSA) is 62.9 Å². The molecule has 0 aliphatic carbocycles. The molecule has 1 fully saturated rings. The van der Waals surface area contributed by atoms with Gasteiger partial charge in [-0.1, -0.05) is 26.0 Å². The summed E-state index contributed by atoms with van der Waals surface area (Å²) in [6.45, 7) is 9.30. The maximum absolute atomic E-state index is 6.05. The molecule has 0 spiro atoms. The van der Waals surface area contributed by atoms with Gasteiger partial charge in [0, 0.05) is 25.9 Å². The van der Waals surface area contributed by atoms with Crippen molar-refractivity contribution >= 4 is 11.6 Å². The van der Waals surface area contributed by atoms with Crippen LogP contribution in [0.25, 0.3) is 0 Å². The van der Waals surface area contributed by atoms with Crippen molar-refractivity contribution < 1.29 is 4.74 Å². The SMILES string of the molecule is COCCN1CCC(CN=C(N)Nc2cccc(C(C)C)c2)CC1. The number of piperidine rings is 1. The Morgan fingerprint density at radius 3 is 2.79 bits per heavy atom. The Morgan fingerprint density at radius 2 is 2.12 bits per heavy atom. The van der Waals surface area contributed by atoms with Crippen molar-refractivity contribution in [3.8, 4) is 0 Å². The minimum Gasteiger partial charge on any atom is -0.383 e. The van der Waals surface area contributed by atoms with Crippen molar-refractivity contribution in [2.75, 3.05) is 45.2 Å². The van der Waals surface area contributed by atoms with Gasteiger partial charge in [-0.05, 0) is 55.5 Å². The molecule has 5 nitrogen and oxygen atoms in total. The molecule has 0 bridgehead atoms. The molecular weight excluding hydrogens is 300 g/mol. The molecule has 1 heterocycles. The number of nitrogens with one attached hydrogen (secondary N) is 1. The summed E-state index contributed by atoms with van der Waals surface area (Å²) in [5.41, 5.74) is 8.37. The predicted molar refractivity (Wildman–Crippen MR) is 102 cm³/mol. The first-order chi connectivity index (χ1) is 11.6. The van der Waals surface area contributed by atoms with Crippen LogP contribution in [0.1, 0.15) is 38.2 Å². The summed E-state index contributed by atoms with van der Waals surface area (Å²) >= 11 is 0. The molecule has 24 heavy (non-hydrogen) atoms. The molecule has 1 aromatic rings. The maximum Gasteiger partial charge on any atom is 0.193 e. The second-order valence-electron chi connectivity index (χ2n) is 6.91. The smallest absolute Gasteiger partial charge is 0.193 e. The fraction of sp³-hybridized carbons (Fsp3) is 0.632. The zero-order valence-electron chi connectivity index (χ0n) is 15.3. The van der Waals surface area contributed by atoms with Crippen molar-refractivity contribution in [2.24, 2.45) is 16.6 Å². The number of nitrogens with zero attached hydrogens (tertiary/aromatic N) is 2. The predicted octanol–water partition coefficient (Wildman–Crippen LogP) is 2.90.